The van der Waals surface area contributed by atoms with Crippen LogP contribution in [0.3, 0.4) is 0 Å². The molecule has 0 atom stereocenters. The fourth-order valence-electron chi connectivity index (χ4n) is 0.896. The van der Waals surface area contributed by atoms with Crippen molar-refractivity contribution < 1.29 is 14.3 Å². The normalized spacial score (nSPS) is 8.86. The van der Waals surface area contributed by atoms with Crippen LogP contribution in [0.4, 0.5) is 5.69 Å². The van der Waals surface area contributed by atoms with Gasteiger partial charge in [0, 0.05) is 11.8 Å². The third-order valence-electron chi connectivity index (χ3n) is 1.47. The van der Waals surface area contributed by atoms with Crippen LogP contribution in [-0.2, 0) is 9.59 Å². The molecule has 0 spiro atoms. The molecule has 0 aliphatic heterocycles. The molecular weight excluding hydrogens is 182 g/mol. The predicted molar refractivity (Wildman–Crippen MR) is 52.0 cm³/mol. The molecule has 1 aromatic carbocycles. The Morgan fingerprint density at radius 3 is 2.93 bits per heavy atom. The first-order valence-electron chi connectivity index (χ1n) is 3.90. The molecule has 1 rings (SSSR count). The van der Waals surface area contributed by atoms with Crippen LogP contribution in [0.15, 0.2) is 36.9 Å². The molecule has 4 nitrogen and oxygen atoms in total. The minimum absolute atomic E-state index is 0.312. The van der Waals surface area contributed by atoms with Crippen LogP contribution in [-0.4, -0.2) is 12.4 Å². The topological polar surface area (TPSA) is 55.4 Å². The minimum Gasteiger partial charge on any atom is -0.429 e. The van der Waals surface area contributed by atoms with Crippen molar-refractivity contribution in [2.75, 3.05) is 5.32 Å². The van der Waals surface area contributed by atoms with Gasteiger partial charge in [0.1, 0.15) is 5.75 Å². The number of anilines is 1. The Bertz CT molecular complexity index is 360. The van der Waals surface area contributed by atoms with Crippen LogP contribution in [0, 0.1) is 0 Å². The molecule has 4 heteroatoms. The van der Waals surface area contributed by atoms with E-state index in [2.05, 4.69) is 16.6 Å². The molecule has 0 heterocycles. The third-order valence-corrected chi connectivity index (χ3v) is 1.47. The van der Waals surface area contributed by atoms with Crippen molar-refractivity contribution in [3.05, 3.63) is 36.9 Å². The minimum atomic E-state index is -0.312. The summed E-state index contributed by atoms with van der Waals surface area (Å²) in [6, 6.07) is 6.49. The zero-order chi connectivity index (χ0) is 10.4. The number of benzene rings is 1. The van der Waals surface area contributed by atoms with E-state index in [1.807, 2.05) is 0 Å². The fourth-order valence-corrected chi connectivity index (χ4v) is 0.896. The summed E-state index contributed by atoms with van der Waals surface area (Å²) in [5.74, 6) is 0.0649. The van der Waals surface area contributed by atoms with Gasteiger partial charge < -0.3 is 10.1 Å². The molecule has 0 aromatic heterocycles. The summed E-state index contributed by atoms with van der Waals surface area (Å²) in [7, 11) is 0. The van der Waals surface area contributed by atoms with Crippen molar-refractivity contribution >= 4 is 18.1 Å². The molecule has 0 aliphatic carbocycles. The highest BCUT2D eigenvalue weighted by Crippen LogP contribution is 2.16. The van der Waals surface area contributed by atoms with Crippen LogP contribution >= 0.6 is 0 Å². The van der Waals surface area contributed by atoms with Gasteiger partial charge in [-0.1, -0.05) is 12.6 Å². The van der Waals surface area contributed by atoms with Gasteiger partial charge in [0.25, 0.3) is 6.47 Å². The number of nitrogens with one attached hydrogen (secondary N) is 1. The average Bonchev–Trinajstić information content (AvgIpc) is 2.19. The van der Waals surface area contributed by atoms with E-state index in [9.17, 15) is 9.59 Å². The van der Waals surface area contributed by atoms with Crippen molar-refractivity contribution in [3.63, 3.8) is 0 Å². The van der Waals surface area contributed by atoms with E-state index in [1.165, 1.54) is 6.07 Å². The Kier molecular flexibility index (Phi) is 3.43. The Labute approximate surface area is 81.2 Å². The molecule has 14 heavy (non-hydrogen) atoms. The number of ether oxygens (including phenoxy) is 1. The first kappa shape index (κ1) is 9.98. The van der Waals surface area contributed by atoms with E-state index in [-0.39, 0.29) is 5.91 Å². The summed E-state index contributed by atoms with van der Waals surface area (Å²) in [6.45, 7) is 3.64. The van der Waals surface area contributed by atoms with E-state index in [4.69, 9.17) is 0 Å². The maximum atomic E-state index is 10.9. The molecule has 0 unspecified atom stereocenters. The Hall–Kier alpha value is -2.10. The maximum absolute atomic E-state index is 10.9. The molecule has 1 aromatic rings. The molecule has 1 N–H and O–H groups in total. The largest absolute Gasteiger partial charge is 0.429 e. The first-order valence-corrected chi connectivity index (χ1v) is 3.90. The Balaban J connectivity index is 2.77. The Morgan fingerprint density at radius 1 is 1.50 bits per heavy atom. The molecular formula is C10H9NO3. The monoisotopic (exact) mass is 191 g/mol. The van der Waals surface area contributed by atoms with E-state index >= 15 is 0 Å². The molecule has 0 radical (unpaired) electrons. The summed E-state index contributed by atoms with van der Waals surface area (Å²) in [5.41, 5.74) is 0.550. The van der Waals surface area contributed by atoms with Gasteiger partial charge in [0.15, 0.2) is 0 Å². The molecule has 0 aliphatic rings. The highest BCUT2D eigenvalue weighted by molar-refractivity contribution is 5.98. The summed E-state index contributed by atoms with van der Waals surface area (Å²) in [5, 5.41) is 2.54. The van der Waals surface area contributed by atoms with Gasteiger partial charge in [-0.05, 0) is 18.2 Å². The predicted octanol–water partition coefficient (Wildman–Crippen LogP) is 1.35. The van der Waals surface area contributed by atoms with Gasteiger partial charge in [-0.15, -0.1) is 0 Å². The summed E-state index contributed by atoms with van der Waals surface area (Å²) in [6.07, 6.45) is 1.16. The second-order valence-electron chi connectivity index (χ2n) is 2.44. The first-order chi connectivity index (χ1) is 6.76. The molecule has 1 amide bonds. The number of hydrogen-bond donors (Lipinski definition) is 1. The van der Waals surface area contributed by atoms with Gasteiger partial charge in [-0.2, -0.15) is 0 Å². The quantitative estimate of drug-likeness (QED) is 0.577. The van der Waals surface area contributed by atoms with Crippen LogP contribution < -0.4 is 10.1 Å². The van der Waals surface area contributed by atoms with Crippen LogP contribution in [0.2, 0.25) is 0 Å². The van der Waals surface area contributed by atoms with E-state index in [1.54, 1.807) is 18.2 Å². The van der Waals surface area contributed by atoms with Gasteiger partial charge in [0.2, 0.25) is 5.91 Å². The fraction of sp³-hybridized carbons (Fsp3) is 0. The van der Waals surface area contributed by atoms with Crippen LogP contribution in [0.5, 0.6) is 5.75 Å². The van der Waals surface area contributed by atoms with Crippen LogP contribution in [0.1, 0.15) is 0 Å². The highest BCUT2D eigenvalue weighted by atomic mass is 16.5. The van der Waals surface area contributed by atoms with Crippen LogP contribution in [0.25, 0.3) is 0 Å². The lowest BCUT2D eigenvalue weighted by Crippen LogP contribution is -2.07. The van der Waals surface area contributed by atoms with Crippen molar-refractivity contribution in [1.29, 1.82) is 0 Å². The van der Waals surface area contributed by atoms with Gasteiger partial charge in [-0.3, -0.25) is 9.59 Å². The lowest BCUT2D eigenvalue weighted by molar-refractivity contribution is -0.120. The van der Waals surface area contributed by atoms with E-state index in [0.29, 0.717) is 17.9 Å². The van der Waals surface area contributed by atoms with E-state index in [0.717, 1.165) is 6.08 Å². The SMILES string of the molecule is C=CC(=O)Nc1cccc(OC=O)c1. The van der Waals surface area contributed by atoms with Gasteiger partial charge in [-0.25, -0.2) is 0 Å². The van der Waals surface area contributed by atoms with E-state index < -0.39 is 0 Å². The second kappa shape index (κ2) is 4.81. The lowest BCUT2D eigenvalue weighted by atomic mass is 10.3. The van der Waals surface area contributed by atoms with Gasteiger partial charge >= 0.3 is 0 Å². The molecule has 0 saturated carbocycles. The number of amides is 1. The van der Waals surface area contributed by atoms with Crippen molar-refractivity contribution in [3.8, 4) is 5.75 Å². The lowest BCUT2D eigenvalue weighted by Gasteiger charge is -2.03. The molecule has 0 fully saturated rings. The molecule has 0 saturated heterocycles. The number of hydrogen-bond acceptors (Lipinski definition) is 3. The summed E-state index contributed by atoms with van der Waals surface area (Å²) >= 11 is 0. The maximum Gasteiger partial charge on any atom is 0.298 e. The van der Waals surface area contributed by atoms with Crippen molar-refractivity contribution in [2.45, 2.75) is 0 Å². The number of carbonyl (C=O) groups is 2. The molecule has 72 valence electrons. The number of rotatable bonds is 4. The summed E-state index contributed by atoms with van der Waals surface area (Å²) in [4.78, 5) is 20.9. The number of carbonyl (C=O) groups excluding carboxylic acids is 2. The second-order valence-corrected chi connectivity index (χ2v) is 2.44. The standard InChI is InChI=1S/C10H9NO3/c1-2-10(13)11-8-4-3-5-9(6-8)14-7-12/h2-7H,1H2,(H,11,13). The smallest absolute Gasteiger partial charge is 0.298 e. The zero-order valence-corrected chi connectivity index (χ0v) is 7.40. The molecule has 0 bridgehead atoms. The zero-order valence-electron chi connectivity index (χ0n) is 7.40. The highest BCUT2D eigenvalue weighted by Gasteiger charge is 1.98. The summed E-state index contributed by atoms with van der Waals surface area (Å²) < 4.78 is 4.60. The third kappa shape index (κ3) is 2.75. The Morgan fingerprint density at radius 2 is 2.29 bits per heavy atom. The average molecular weight is 191 g/mol. The van der Waals surface area contributed by atoms with Gasteiger partial charge in [0.05, 0.1) is 0 Å². The van der Waals surface area contributed by atoms with Crippen molar-refractivity contribution in [2.24, 2.45) is 0 Å². The van der Waals surface area contributed by atoms with Crippen molar-refractivity contribution in [1.82, 2.24) is 0 Å².